The van der Waals surface area contributed by atoms with Crippen molar-refractivity contribution in [1.82, 2.24) is 0 Å². The lowest BCUT2D eigenvalue weighted by molar-refractivity contribution is 0.0167. The van der Waals surface area contributed by atoms with Gasteiger partial charge in [0.05, 0.1) is 18.2 Å². The van der Waals surface area contributed by atoms with Crippen LogP contribution in [-0.2, 0) is 14.2 Å². The number of carbonyl (C=O) groups excluding carboxylic acids is 1. The van der Waals surface area contributed by atoms with Crippen LogP contribution in [0.5, 0.6) is 0 Å². The molecule has 5 heteroatoms. The molecule has 0 amide bonds. The summed E-state index contributed by atoms with van der Waals surface area (Å²) in [6.45, 7) is 14.4. The fourth-order valence-electron chi connectivity index (χ4n) is 1.76. The maximum atomic E-state index is 11.3. The zero-order valence-corrected chi connectivity index (χ0v) is 12.7. The van der Waals surface area contributed by atoms with Gasteiger partial charge >= 0.3 is 6.16 Å². The van der Waals surface area contributed by atoms with E-state index in [1.165, 1.54) is 0 Å². The van der Waals surface area contributed by atoms with E-state index < -0.39 is 11.7 Å². The lowest BCUT2D eigenvalue weighted by Gasteiger charge is -2.33. The van der Waals surface area contributed by atoms with Crippen LogP contribution in [0.1, 0.15) is 48.5 Å². The van der Waals surface area contributed by atoms with Gasteiger partial charge in [0, 0.05) is 6.61 Å². The van der Waals surface area contributed by atoms with Crippen molar-refractivity contribution in [2.45, 2.75) is 65.4 Å². The van der Waals surface area contributed by atoms with Crippen molar-refractivity contribution in [2.24, 2.45) is 0 Å². The number of rotatable bonds is 7. The third-order valence-corrected chi connectivity index (χ3v) is 2.14. The van der Waals surface area contributed by atoms with Crippen LogP contribution in [0.2, 0.25) is 5.31 Å². The molecule has 0 spiro atoms. The highest BCUT2D eigenvalue weighted by molar-refractivity contribution is 6.43. The lowest BCUT2D eigenvalue weighted by Crippen LogP contribution is -2.41. The highest BCUT2D eigenvalue weighted by atomic mass is 16.7. The summed E-state index contributed by atoms with van der Waals surface area (Å²) in [6, 6.07) is 0. The number of hydrogen-bond donors (Lipinski definition) is 0. The first-order valence-electron chi connectivity index (χ1n) is 6.42. The molecule has 0 bridgehead atoms. The monoisotopic (exact) mass is 257 g/mol. The van der Waals surface area contributed by atoms with Crippen LogP contribution in [0.25, 0.3) is 0 Å². The van der Waals surface area contributed by atoms with Gasteiger partial charge in [-0.1, -0.05) is 13.8 Å². The average Bonchev–Trinajstić information content (AvgIpc) is 2.12. The molecule has 0 unspecified atom stereocenters. The SMILES string of the molecule is CCOC(=O)OC(C)(C)[B]C(C)(C)COC(C)C. The van der Waals surface area contributed by atoms with Crippen LogP contribution in [0.15, 0.2) is 0 Å². The maximum Gasteiger partial charge on any atom is 0.508 e. The maximum absolute atomic E-state index is 11.3. The molecule has 4 nitrogen and oxygen atoms in total. The molecule has 105 valence electrons. The molecule has 0 aromatic carbocycles. The molecule has 0 saturated heterocycles. The second-order valence-corrected chi connectivity index (χ2v) is 5.88. The van der Waals surface area contributed by atoms with E-state index in [0.717, 1.165) is 0 Å². The van der Waals surface area contributed by atoms with E-state index in [1.54, 1.807) is 6.92 Å². The first-order chi connectivity index (χ1) is 8.08. The number of ether oxygens (including phenoxy) is 3. The Morgan fingerprint density at radius 2 is 1.78 bits per heavy atom. The predicted octanol–water partition coefficient (Wildman–Crippen LogP) is 3.22. The van der Waals surface area contributed by atoms with E-state index in [1.807, 2.05) is 48.8 Å². The van der Waals surface area contributed by atoms with Gasteiger partial charge in [-0.25, -0.2) is 4.79 Å². The molecular formula is C13H26BO4. The van der Waals surface area contributed by atoms with Gasteiger partial charge in [-0.05, 0) is 39.9 Å². The normalized spacial score (nSPS) is 12.4. The summed E-state index contributed by atoms with van der Waals surface area (Å²) in [6.07, 6.45) is -0.453. The van der Waals surface area contributed by atoms with Gasteiger partial charge in [-0.2, -0.15) is 0 Å². The highest BCUT2D eigenvalue weighted by Crippen LogP contribution is 2.29. The third kappa shape index (κ3) is 8.40. The summed E-state index contributed by atoms with van der Waals surface area (Å²) in [7, 11) is 1.97. The summed E-state index contributed by atoms with van der Waals surface area (Å²) in [5.74, 6) is 0. The summed E-state index contributed by atoms with van der Waals surface area (Å²) < 4.78 is 15.6. The topological polar surface area (TPSA) is 44.8 Å². The van der Waals surface area contributed by atoms with Crippen LogP contribution in [0.4, 0.5) is 4.79 Å². The second kappa shape index (κ2) is 7.02. The molecule has 0 heterocycles. The summed E-state index contributed by atoms with van der Waals surface area (Å²) in [5.41, 5.74) is -0.684. The fraction of sp³-hybridized carbons (Fsp3) is 0.923. The fourth-order valence-corrected chi connectivity index (χ4v) is 1.76. The van der Waals surface area contributed by atoms with Crippen LogP contribution in [0, 0.1) is 0 Å². The Labute approximate surface area is 112 Å². The highest BCUT2D eigenvalue weighted by Gasteiger charge is 2.34. The van der Waals surface area contributed by atoms with E-state index in [9.17, 15) is 4.79 Å². The Balaban J connectivity index is 4.31. The van der Waals surface area contributed by atoms with Gasteiger partial charge in [-0.3, -0.25) is 0 Å². The van der Waals surface area contributed by atoms with E-state index in [-0.39, 0.29) is 11.4 Å². The van der Waals surface area contributed by atoms with E-state index >= 15 is 0 Å². The largest absolute Gasteiger partial charge is 0.508 e. The zero-order chi connectivity index (χ0) is 14.4. The molecule has 0 aliphatic carbocycles. The Bertz CT molecular complexity index is 262. The van der Waals surface area contributed by atoms with Crippen molar-refractivity contribution in [1.29, 1.82) is 0 Å². The van der Waals surface area contributed by atoms with Crippen molar-refractivity contribution in [3.05, 3.63) is 0 Å². The van der Waals surface area contributed by atoms with Crippen molar-refractivity contribution in [3.8, 4) is 0 Å². The van der Waals surface area contributed by atoms with Gasteiger partial charge in [0.2, 0.25) is 0 Å². The minimum absolute atomic E-state index is 0.180. The van der Waals surface area contributed by atoms with Gasteiger partial charge in [0.1, 0.15) is 0 Å². The van der Waals surface area contributed by atoms with Crippen molar-refractivity contribution in [2.75, 3.05) is 13.2 Å². The van der Waals surface area contributed by atoms with Crippen LogP contribution >= 0.6 is 0 Å². The second-order valence-electron chi connectivity index (χ2n) is 5.88. The quantitative estimate of drug-likeness (QED) is 0.519. The van der Waals surface area contributed by atoms with E-state index in [0.29, 0.717) is 13.2 Å². The molecule has 0 aromatic heterocycles. The zero-order valence-electron chi connectivity index (χ0n) is 12.7. The third-order valence-electron chi connectivity index (χ3n) is 2.14. The Morgan fingerprint density at radius 3 is 2.22 bits per heavy atom. The minimum atomic E-state index is -0.684. The lowest BCUT2D eigenvalue weighted by atomic mass is 9.46. The first-order valence-corrected chi connectivity index (χ1v) is 6.42. The van der Waals surface area contributed by atoms with E-state index in [4.69, 9.17) is 14.2 Å². The average molecular weight is 257 g/mol. The molecule has 18 heavy (non-hydrogen) atoms. The predicted molar refractivity (Wildman–Crippen MR) is 73.1 cm³/mol. The first kappa shape index (κ1) is 17.3. The minimum Gasteiger partial charge on any atom is -0.438 e. The Kier molecular flexibility index (Phi) is 6.75. The van der Waals surface area contributed by atoms with Crippen molar-refractivity contribution in [3.63, 3.8) is 0 Å². The van der Waals surface area contributed by atoms with Crippen LogP contribution in [0.3, 0.4) is 0 Å². The summed E-state index contributed by atoms with van der Waals surface area (Å²) >= 11 is 0. The smallest absolute Gasteiger partial charge is 0.438 e. The molecule has 0 N–H and O–H groups in total. The Hall–Kier alpha value is -0.705. The van der Waals surface area contributed by atoms with Crippen LogP contribution < -0.4 is 0 Å². The molecule has 0 aliphatic heterocycles. The molecule has 0 aliphatic rings. The molecule has 0 saturated carbocycles. The van der Waals surface area contributed by atoms with Gasteiger partial charge in [-0.15, -0.1) is 0 Å². The van der Waals surface area contributed by atoms with Gasteiger partial charge in [0.15, 0.2) is 7.28 Å². The van der Waals surface area contributed by atoms with E-state index in [2.05, 4.69) is 0 Å². The molecule has 1 radical (unpaired) electrons. The summed E-state index contributed by atoms with van der Waals surface area (Å²) in [4.78, 5) is 11.3. The van der Waals surface area contributed by atoms with Gasteiger partial charge in [0.25, 0.3) is 0 Å². The Morgan fingerprint density at radius 1 is 1.22 bits per heavy atom. The molecule has 0 atom stereocenters. The van der Waals surface area contributed by atoms with Crippen molar-refractivity contribution >= 4 is 13.4 Å². The van der Waals surface area contributed by atoms with Crippen molar-refractivity contribution < 1.29 is 19.0 Å². The molecule has 0 fully saturated rings. The van der Waals surface area contributed by atoms with Crippen LogP contribution in [-0.4, -0.2) is 38.3 Å². The summed E-state index contributed by atoms with van der Waals surface area (Å²) in [5, 5.41) is -0.180. The van der Waals surface area contributed by atoms with Gasteiger partial charge < -0.3 is 14.2 Å². The molecule has 0 aromatic rings. The number of carbonyl (C=O) groups is 1. The number of hydrogen-bond acceptors (Lipinski definition) is 4. The molecule has 0 rings (SSSR count). The molecular weight excluding hydrogens is 231 g/mol. The standard InChI is InChI=1S/C13H26BO4/c1-8-16-11(15)18-13(6,7)14-12(4,5)9-17-10(2)3/h10H,8-9H2,1-7H3.